The molecular weight excluding hydrogens is 375 g/mol. The Bertz CT molecular complexity index is 534. The Labute approximate surface area is 128 Å². The van der Waals surface area contributed by atoms with Gasteiger partial charge in [0.25, 0.3) is 0 Å². The monoisotopic (exact) mass is 375 g/mol. The van der Waals surface area contributed by atoms with Crippen molar-refractivity contribution in [1.29, 1.82) is 0 Å². The van der Waals surface area contributed by atoms with E-state index in [2.05, 4.69) is 0 Å². The molecule has 0 aromatic heterocycles. The average Bonchev–Trinajstić information content (AvgIpc) is 2.30. The molecule has 0 aliphatic rings. The number of rotatable bonds is 2. The Balaban J connectivity index is 3.22. The zero-order valence-electron chi connectivity index (χ0n) is 8.89. The summed E-state index contributed by atoms with van der Waals surface area (Å²) in [6.07, 6.45) is -6.07. The van der Waals surface area contributed by atoms with E-state index >= 15 is 0 Å². The first-order valence-corrected chi connectivity index (χ1v) is 5.99. The van der Waals surface area contributed by atoms with Gasteiger partial charge in [0.1, 0.15) is 0 Å². The van der Waals surface area contributed by atoms with Gasteiger partial charge in [-0.15, -0.1) is 0 Å². The van der Waals surface area contributed by atoms with Gasteiger partial charge in [-0.3, -0.25) is 4.79 Å². The molecule has 0 radical (unpaired) electrons. The molecule has 0 saturated heterocycles. The molecule has 2 nitrogen and oxygen atoms in total. The van der Waals surface area contributed by atoms with Gasteiger partial charge in [0, 0.05) is 0 Å². The Hall–Kier alpha value is -0.500. The second-order valence-corrected chi connectivity index (χ2v) is 4.94. The van der Waals surface area contributed by atoms with Gasteiger partial charge >= 0.3 is 18.0 Å². The molecule has 0 heterocycles. The summed E-state index contributed by atoms with van der Waals surface area (Å²) in [5.74, 6) is -8.29. The minimum Gasteiger partial charge on any atom is -0.318 e. The highest BCUT2D eigenvalue weighted by molar-refractivity contribution is 6.50. The van der Waals surface area contributed by atoms with E-state index in [1.165, 1.54) is 5.32 Å². The van der Waals surface area contributed by atoms with E-state index in [0.717, 1.165) is 6.07 Å². The van der Waals surface area contributed by atoms with Crippen LogP contribution in [-0.4, -0.2) is 18.0 Å². The molecule has 0 aliphatic carbocycles. The highest BCUT2D eigenvalue weighted by atomic mass is 35.5. The molecule has 0 aliphatic heterocycles. The van der Waals surface area contributed by atoms with E-state index in [1.54, 1.807) is 0 Å². The van der Waals surface area contributed by atoms with Crippen LogP contribution in [0, 0.1) is 0 Å². The first kappa shape index (κ1) is 17.6. The van der Waals surface area contributed by atoms with E-state index < -0.39 is 33.7 Å². The number of halogens is 9. The summed E-state index contributed by atoms with van der Waals surface area (Å²) in [4.78, 5) is 11.0. The number of alkyl halides is 5. The van der Waals surface area contributed by atoms with Crippen molar-refractivity contribution in [3.05, 3.63) is 26.2 Å². The molecule has 112 valence electrons. The maximum Gasteiger partial charge on any atom is 0.463 e. The Morgan fingerprint density at radius 1 is 0.950 bits per heavy atom. The maximum atomic E-state index is 12.8. The molecule has 0 fully saturated rings. The first-order valence-electron chi connectivity index (χ1n) is 4.48. The molecule has 0 atom stereocenters. The predicted octanol–water partition coefficient (Wildman–Crippen LogP) is 5.44. The minimum absolute atomic E-state index is 0.285. The molecule has 0 saturated carbocycles. The van der Waals surface area contributed by atoms with Crippen molar-refractivity contribution in [2.45, 2.75) is 12.1 Å². The fourth-order valence-corrected chi connectivity index (χ4v) is 1.91. The van der Waals surface area contributed by atoms with E-state index in [4.69, 9.17) is 46.4 Å². The zero-order valence-corrected chi connectivity index (χ0v) is 11.9. The maximum absolute atomic E-state index is 12.8. The zero-order chi connectivity index (χ0) is 15.9. The van der Waals surface area contributed by atoms with Crippen molar-refractivity contribution in [3.63, 3.8) is 0 Å². The molecule has 0 bridgehead atoms. The summed E-state index contributed by atoms with van der Waals surface area (Å²) < 4.78 is 61.6. The molecule has 11 heteroatoms. The molecule has 1 rings (SSSR count). The standard InChI is InChI=1S/C9H2Cl4F5NO/c10-2-1-3(11)5(13)6(4(2)12)19-7(20)8(14,15)9(16,17)18/h1H,(H,19,20). The third-order valence-corrected chi connectivity index (χ3v) is 3.57. The number of amides is 1. The van der Waals surface area contributed by atoms with Crippen LogP contribution in [0.3, 0.4) is 0 Å². The second-order valence-electron chi connectivity index (χ2n) is 3.37. The van der Waals surface area contributed by atoms with Crippen molar-refractivity contribution >= 4 is 58.0 Å². The molecular formula is C9H2Cl4F5NO. The summed E-state index contributed by atoms with van der Waals surface area (Å²) >= 11 is 22.2. The van der Waals surface area contributed by atoms with Gasteiger partial charge < -0.3 is 5.32 Å². The quantitative estimate of drug-likeness (QED) is 0.540. The van der Waals surface area contributed by atoms with Gasteiger partial charge in [-0.2, -0.15) is 22.0 Å². The average molecular weight is 377 g/mol. The van der Waals surface area contributed by atoms with Crippen LogP contribution in [0.1, 0.15) is 0 Å². The van der Waals surface area contributed by atoms with E-state index in [-0.39, 0.29) is 10.0 Å². The number of hydrogen-bond acceptors (Lipinski definition) is 1. The molecule has 1 N–H and O–H groups in total. The molecule has 20 heavy (non-hydrogen) atoms. The van der Waals surface area contributed by atoms with Crippen LogP contribution in [-0.2, 0) is 4.79 Å². The smallest absolute Gasteiger partial charge is 0.318 e. The molecule has 0 spiro atoms. The van der Waals surface area contributed by atoms with E-state index in [9.17, 15) is 26.7 Å². The first-order chi connectivity index (χ1) is 8.89. The van der Waals surface area contributed by atoms with Crippen LogP contribution < -0.4 is 5.32 Å². The molecule has 1 amide bonds. The fourth-order valence-electron chi connectivity index (χ4n) is 1.00. The molecule has 1 aromatic carbocycles. The van der Waals surface area contributed by atoms with Crippen molar-refractivity contribution in [3.8, 4) is 0 Å². The lowest BCUT2D eigenvalue weighted by Gasteiger charge is -2.20. The van der Waals surface area contributed by atoms with Crippen LogP contribution in [0.4, 0.5) is 27.6 Å². The van der Waals surface area contributed by atoms with Crippen molar-refractivity contribution < 1.29 is 26.7 Å². The van der Waals surface area contributed by atoms with Crippen LogP contribution >= 0.6 is 46.4 Å². The normalized spacial score (nSPS) is 12.4. The van der Waals surface area contributed by atoms with Gasteiger partial charge in [-0.1, -0.05) is 46.4 Å². The molecule has 1 aromatic rings. The Morgan fingerprint density at radius 3 is 1.70 bits per heavy atom. The Morgan fingerprint density at radius 2 is 1.35 bits per heavy atom. The van der Waals surface area contributed by atoms with Crippen molar-refractivity contribution in [2.24, 2.45) is 0 Å². The summed E-state index contributed by atoms with van der Waals surface area (Å²) in [5.41, 5.74) is -0.736. The number of anilines is 1. The van der Waals surface area contributed by atoms with Crippen molar-refractivity contribution in [1.82, 2.24) is 0 Å². The van der Waals surface area contributed by atoms with E-state index in [1.807, 2.05) is 0 Å². The SMILES string of the molecule is O=C(Nc1c(Cl)c(Cl)cc(Cl)c1Cl)C(F)(F)C(F)(F)F. The number of benzene rings is 1. The third kappa shape index (κ3) is 3.21. The summed E-state index contributed by atoms with van der Waals surface area (Å²) in [5, 5.41) is -0.348. The number of hydrogen-bond donors (Lipinski definition) is 1. The van der Waals surface area contributed by atoms with Crippen LogP contribution in [0.5, 0.6) is 0 Å². The Kier molecular flexibility index (Phi) is 5.01. The summed E-state index contributed by atoms with van der Waals surface area (Å²) in [7, 11) is 0. The summed E-state index contributed by atoms with van der Waals surface area (Å²) in [6, 6.07) is 1.03. The third-order valence-electron chi connectivity index (χ3n) is 1.99. The van der Waals surface area contributed by atoms with Gasteiger partial charge in [-0.05, 0) is 6.07 Å². The van der Waals surface area contributed by atoms with Gasteiger partial charge in [0.2, 0.25) is 0 Å². The largest absolute Gasteiger partial charge is 0.463 e. The predicted molar refractivity (Wildman–Crippen MR) is 66.1 cm³/mol. The number of nitrogens with one attached hydrogen (secondary N) is 1. The highest BCUT2D eigenvalue weighted by Crippen LogP contribution is 2.43. The van der Waals surface area contributed by atoms with Gasteiger partial charge in [-0.25, -0.2) is 0 Å². The fraction of sp³-hybridized carbons (Fsp3) is 0.222. The lowest BCUT2D eigenvalue weighted by molar-refractivity contribution is -0.267. The van der Waals surface area contributed by atoms with Gasteiger partial charge in [0.05, 0.1) is 25.8 Å². The van der Waals surface area contributed by atoms with Crippen LogP contribution in [0.25, 0.3) is 0 Å². The number of carbonyl (C=O) groups excluding carboxylic acids is 1. The lowest BCUT2D eigenvalue weighted by atomic mass is 10.2. The summed E-state index contributed by atoms with van der Waals surface area (Å²) in [6.45, 7) is 0. The van der Waals surface area contributed by atoms with Crippen LogP contribution in [0.15, 0.2) is 6.07 Å². The minimum atomic E-state index is -6.07. The topological polar surface area (TPSA) is 29.1 Å². The molecule has 0 unspecified atom stereocenters. The lowest BCUT2D eigenvalue weighted by Crippen LogP contribution is -2.47. The highest BCUT2D eigenvalue weighted by Gasteiger charge is 2.63. The van der Waals surface area contributed by atoms with Crippen LogP contribution in [0.2, 0.25) is 20.1 Å². The second kappa shape index (κ2) is 5.71. The number of carbonyl (C=O) groups is 1. The van der Waals surface area contributed by atoms with Crippen molar-refractivity contribution in [2.75, 3.05) is 5.32 Å². The van der Waals surface area contributed by atoms with E-state index in [0.29, 0.717) is 0 Å². The van der Waals surface area contributed by atoms with Gasteiger partial charge in [0.15, 0.2) is 0 Å².